The molecule has 132 valence electrons. The number of carbonyl (C=O) groups excluding carboxylic acids is 3. The molecular formula is C17H18N2O5S. The van der Waals surface area contributed by atoms with Gasteiger partial charge in [-0.3, -0.25) is 19.0 Å². The van der Waals surface area contributed by atoms with Crippen LogP contribution >= 0.6 is 11.8 Å². The molecule has 7 nitrogen and oxygen atoms in total. The molecule has 2 aromatic rings. The summed E-state index contributed by atoms with van der Waals surface area (Å²) in [4.78, 5) is 45.4. The number of hydrogen-bond donors (Lipinski definition) is 2. The van der Waals surface area contributed by atoms with Gasteiger partial charge in [0.15, 0.2) is 5.12 Å². The van der Waals surface area contributed by atoms with Gasteiger partial charge >= 0.3 is 5.97 Å². The van der Waals surface area contributed by atoms with E-state index in [0.717, 1.165) is 17.1 Å². The van der Waals surface area contributed by atoms with Crippen molar-refractivity contribution in [1.29, 1.82) is 0 Å². The minimum absolute atomic E-state index is 0.0578. The first-order valence-corrected chi connectivity index (χ1v) is 8.60. The molecule has 1 atom stereocenters. The number of carboxylic acid groups (broad SMARTS) is 1. The Bertz CT molecular complexity index is 814. The Labute approximate surface area is 148 Å². The molecule has 2 N–H and O–H groups in total. The molecule has 0 unspecified atom stereocenters. The molecule has 0 aliphatic rings. The Morgan fingerprint density at radius 1 is 1.32 bits per heavy atom. The average molecular weight is 362 g/mol. The van der Waals surface area contributed by atoms with Crippen LogP contribution in [0.1, 0.15) is 18.9 Å². The molecule has 8 heteroatoms. The molecule has 0 radical (unpaired) electrons. The summed E-state index contributed by atoms with van der Waals surface area (Å²) in [5.74, 6) is -1.28. The zero-order chi connectivity index (χ0) is 18.4. The highest BCUT2D eigenvalue weighted by molar-refractivity contribution is 8.13. The zero-order valence-electron chi connectivity index (χ0n) is 13.6. The number of carboxylic acids is 1. The van der Waals surface area contributed by atoms with Gasteiger partial charge in [0.1, 0.15) is 6.04 Å². The molecule has 0 saturated carbocycles. The van der Waals surface area contributed by atoms with Crippen LogP contribution in [0.15, 0.2) is 30.5 Å². The van der Waals surface area contributed by atoms with Crippen molar-refractivity contribution < 1.29 is 24.3 Å². The van der Waals surface area contributed by atoms with Crippen molar-refractivity contribution in [3.05, 3.63) is 36.0 Å². The number of aliphatic carboxylic acids is 1. The number of aromatic nitrogens is 1. The second kappa shape index (κ2) is 8.48. The SMILES string of the molecule is CC(=O)SCCC(=O)N[C@@H](Cc1cn(C=O)c2ccccc12)C(=O)O. The third-order valence-electron chi connectivity index (χ3n) is 3.63. The lowest BCUT2D eigenvalue weighted by Crippen LogP contribution is -2.42. The van der Waals surface area contributed by atoms with Crippen molar-refractivity contribution in [3.8, 4) is 0 Å². The Kier molecular flexibility index (Phi) is 6.35. The highest BCUT2D eigenvalue weighted by Crippen LogP contribution is 2.21. The topological polar surface area (TPSA) is 105 Å². The highest BCUT2D eigenvalue weighted by atomic mass is 32.2. The average Bonchev–Trinajstić information content (AvgIpc) is 2.92. The predicted molar refractivity (Wildman–Crippen MR) is 95.1 cm³/mol. The fraction of sp³-hybridized carbons (Fsp3) is 0.294. The fourth-order valence-corrected chi connectivity index (χ4v) is 3.08. The van der Waals surface area contributed by atoms with E-state index in [2.05, 4.69) is 5.32 Å². The number of rotatable bonds is 8. The molecule has 0 fully saturated rings. The largest absolute Gasteiger partial charge is 0.480 e. The van der Waals surface area contributed by atoms with Gasteiger partial charge in [-0.15, -0.1) is 0 Å². The highest BCUT2D eigenvalue weighted by Gasteiger charge is 2.22. The Morgan fingerprint density at radius 2 is 2.04 bits per heavy atom. The number of benzene rings is 1. The number of amides is 1. The van der Waals surface area contributed by atoms with Crippen molar-refractivity contribution in [2.24, 2.45) is 0 Å². The van der Waals surface area contributed by atoms with Crippen molar-refractivity contribution in [2.45, 2.75) is 25.8 Å². The molecule has 0 spiro atoms. The van der Waals surface area contributed by atoms with Crippen molar-refractivity contribution >= 4 is 46.1 Å². The van der Waals surface area contributed by atoms with Gasteiger partial charge in [-0.1, -0.05) is 30.0 Å². The van der Waals surface area contributed by atoms with Crippen molar-refractivity contribution in [2.75, 3.05) is 5.75 Å². The first-order chi connectivity index (χ1) is 11.9. The van der Waals surface area contributed by atoms with Gasteiger partial charge in [-0.25, -0.2) is 4.79 Å². The third-order valence-corrected chi connectivity index (χ3v) is 4.44. The van der Waals surface area contributed by atoms with E-state index in [9.17, 15) is 24.3 Å². The van der Waals surface area contributed by atoms with Crippen LogP contribution in [0.3, 0.4) is 0 Å². The lowest BCUT2D eigenvalue weighted by atomic mass is 10.0. The molecule has 0 saturated heterocycles. The van der Waals surface area contributed by atoms with E-state index in [0.29, 0.717) is 23.2 Å². The summed E-state index contributed by atoms with van der Waals surface area (Å²) in [7, 11) is 0. The van der Waals surface area contributed by atoms with Crippen LogP contribution in [-0.4, -0.2) is 44.9 Å². The van der Waals surface area contributed by atoms with E-state index >= 15 is 0 Å². The van der Waals surface area contributed by atoms with Crippen molar-refractivity contribution in [3.63, 3.8) is 0 Å². The van der Waals surface area contributed by atoms with Gasteiger partial charge in [0, 0.05) is 37.1 Å². The maximum Gasteiger partial charge on any atom is 0.326 e. The fourth-order valence-electron chi connectivity index (χ4n) is 2.50. The summed E-state index contributed by atoms with van der Waals surface area (Å²) < 4.78 is 1.38. The van der Waals surface area contributed by atoms with E-state index in [1.165, 1.54) is 11.5 Å². The normalized spacial score (nSPS) is 11.9. The summed E-state index contributed by atoms with van der Waals surface area (Å²) >= 11 is 1.02. The maximum absolute atomic E-state index is 11.9. The number of para-hydroxylation sites is 1. The Balaban J connectivity index is 2.12. The third kappa shape index (κ3) is 4.93. The van der Waals surface area contributed by atoms with E-state index in [4.69, 9.17) is 0 Å². The van der Waals surface area contributed by atoms with Gasteiger partial charge < -0.3 is 10.4 Å². The van der Waals surface area contributed by atoms with E-state index in [1.807, 2.05) is 0 Å². The molecular weight excluding hydrogens is 344 g/mol. The summed E-state index contributed by atoms with van der Waals surface area (Å²) in [6.07, 6.45) is 2.34. The van der Waals surface area contributed by atoms with Crippen LogP contribution in [0.4, 0.5) is 0 Å². The summed E-state index contributed by atoms with van der Waals surface area (Å²) in [5, 5.41) is 12.5. The van der Waals surface area contributed by atoms with Crippen molar-refractivity contribution in [1.82, 2.24) is 9.88 Å². The van der Waals surface area contributed by atoms with Crippen LogP contribution in [0.2, 0.25) is 0 Å². The number of carbonyl (C=O) groups is 4. The van der Waals surface area contributed by atoms with Crippen LogP contribution in [0.5, 0.6) is 0 Å². The van der Waals surface area contributed by atoms with E-state index in [-0.39, 0.29) is 18.0 Å². The van der Waals surface area contributed by atoms with Crippen LogP contribution in [0, 0.1) is 0 Å². The molecule has 0 aliphatic carbocycles. The lowest BCUT2D eigenvalue weighted by molar-refractivity contribution is -0.141. The standard InChI is InChI=1S/C17H18N2O5S/c1-11(21)25-7-6-16(22)18-14(17(23)24)8-12-9-19(10-20)15-5-3-2-4-13(12)15/h2-5,9-10,14H,6-8H2,1H3,(H,18,22)(H,23,24)/t14-/m0/s1. The number of fused-ring (bicyclic) bond motifs is 1. The van der Waals surface area contributed by atoms with Gasteiger partial charge in [-0.2, -0.15) is 0 Å². The zero-order valence-corrected chi connectivity index (χ0v) is 14.4. The molecule has 0 bridgehead atoms. The first-order valence-electron chi connectivity index (χ1n) is 7.61. The lowest BCUT2D eigenvalue weighted by Gasteiger charge is -2.14. The monoisotopic (exact) mass is 362 g/mol. The minimum atomic E-state index is -1.16. The number of hydrogen-bond acceptors (Lipinski definition) is 5. The molecule has 1 aromatic heterocycles. The van der Waals surface area contributed by atoms with E-state index < -0.39 is 17.9 Å². The minimum Gasteiger partial charge on any atom is -0.480 e. The smallest absolute Gasteiger partial charge is 0.326 e. The predicted octanol–water partition coefficient (Wildman–Crippen LogP) is 1.46. The molecule has 1 heterocycles. The Morgan fingerprint density at radius 3 is 2.68 bits per heavy atom. The van der Waals surface area contributed by atoms with Gasteiger partial charge in [-0.05, 0) is 11.6 Å². The Hall–Kier alpha value is -2.61. The summed E-state index contributed by atoms with van der Waals surface area (Å²) in [5.41, 5.74) is 1.34. The summed E-state index contributed by atoms with van der Waals surface area (Å²) in [6, 6.07) is 6.04. The van der Waals surface area contributed by atoms with Gasteiger partial charge in [0.2, 0.25) is 12.3 Å². The number of thioether (sulfide) groups is 1. The molecule has 25 heavy (non-hydrogen) atoms. The second-order valence-electron chi connectivity index (χ2n) is 5.44. The summed E-state index contributed by atoms with van der Waals surface area (Å²) in [6.45, 7) is 1.41. The molecule has 1 aromatic carbocycles. The molecule has 1 amide bonds. The number of nitrogens with one attached hydrogen (secondary N) is 1. The first kappa shape index (κ1) is 18.7. The van der Waals surface area contributed by atoms with Gasteiger partial charge in [0.25, 0.3) is 0 Å². The van der Waals surface area contributed by atoms with Crippen LogP contribution in [0.25, 0.3) is 10.9 Å². The van der Waals surface area contributed by atoms with Gasteiger partial charge in [0.05, 0.1) is 5.52 Å². The second-order valence-corrected chi connectivity index (χ2v) is 6.71. The maximum atomic E-state index is 11.9. The number of nitrogens with zero attached hydrogens (tertiary/aromatic N) is 1. The quantitative estimate of drug-likeness (QED) is 0.689. The van der Waals surface area contributed by atoms with Crippen LogP contribution in [-0.2, 0) is 25.6 Å². The molecule has 0 aliphatic heterocycles. The van der Waals surface area contributed by atoms with Crippen LogP contribution < -0.4 is 5.32 Å². The molecule has 2 rings (SSSR count). The van der Waals surface area contributed by atoms with E-state index in [1.54, 1.807) is 30.5 Å².